The molecule has 0 spiro atoms. The molecule has 0 aliphatic carbocycles. The average Bonchev–Trinajstić information content (AvgIpc) is 2.87. The van der Waals surface area contributed by atoms with Crippen LogP contribution >= 0.6 is 0 Å². The first-order valence-corrected chi connectivity index (χ1v) is 9.04. The molecule has 2 aromatic rings. The van der Waals surface area contributed by atoms with Crippen molar-refractivity contribution < 1.29 is 19.1 Å². The van der Waals surface area contributed by atoms with Crippen LogP contribution in [0.2, 0.25) is 0 Å². The van der Waals surface area contributed by atoms with Crippen LogP contribution in [0.25, 0.3) is 0 Å². The monoisotopic (exact) mass is 381 g/mol. The molecule has 3 rings (SSSR count). The third kappa shape index (κ3) is 3.83. The Morgan fingerprint density at radius 1 is 0.929 bits per heavy atom. The Bertz CT molecular complexity index is 930. The summed E-state index contributed by atoms with van der Waals surface area (Å²) in [4.78, 5) is 38.6. The molecule has 7 nitrogen and oxygen atoms in total. The zero-order chi connectivity index (χ0) is 20.5. The highest BCUT2D eigenvalue weighted by atomic mass is 16.5. The van der Waals surface area contributed by atoms with Gasteiger partial charge in [-0.2, -0.15) is 0 Å². The number of urea groups is 1. The number of carbonyl (C=O) groups is 3. The van der Waals surface area contributed by atoms with Crippen LogP contribution in [-0.2, 0) is 0 Å². The Labute approximate surface area is 163 Å². The molecular weight excluding hydrogens is 358 g/mol. The molecule has 0 radical (unpaired) electrons. The number of carbonyl (C=O) groups excluding carboxylic acids is 3. The summed E-state index contributed by atoms with van der Waals surface area (Å²) in [5.74, 6) is 0.0413. The van der Waals surface area contributed by atoms with Gasteiger partial charge in [-0.05, 0) is 70.2 Å². The Kier molecular flexibility index (Phi) is 5.09. The van der Waals surface area contributed by atoms with Gasteiger partial charge in [-0.1, -0.05) is 0 Å². The van der Waals surface area contributed by atoms with E-state index in [0.29, 0.717) is 29.1 Å². The number of anilines is 2. The van der Waals surface area contributed by atoms with Crippen molar-refractivity contribution in [1.29, 1.82) is 0 Å². The topological polar surface area (TPSA) is 87.7 Å². The number of nitrogens with one attached hydrogen (secondary N) is 2. The van der Waals surface area contributed by atoms with Crippen molar-refractivity contribution >= 4 is 29.2 Å². The normalized spacial score (nSPS) is 13.4. The molecule has 0 saturated carbocycles. The standard InChI is InChI=1S/C21H23N3O4/c1-5-28-15-9-6-13(7-10-15)22-20(27)23-14-8-11-16-17(12-14)19(26)24(18(16)25)21(2,3)4/h6-12H,5H2,1-4H3,(H2,22,23,27). The molecule has 0 atom stereocenters. The molecule has 28 heavy (non-hydrogen) atoms. The lowest BCUT2D eigenvalue weighted by molar-refractivity contribution is 0.0507. The summed E-state index contributed by atoms with van der Waals surface area (Å²) in [5.41, 5.74) is 1.05. The lowest BCUT2D eigenvalue weighted by Gasteiger charge is -2.29. The molecule has 2 N–H and O–H groups in total. The molecule has 0 aromatic heterocycles. The minimum Gasteiger partial charge on any atom is -0.494 e. The maximum Gasteiger partial charge on any atom is 0.323 e. The smallest absolute Gasteiger partial charge is 0.323 e. The second-order valence-electron chi connectivity index (χ2n) is 7.41. The fourth-order valence-electron chi connectivity index (χ4n) is 3.02. The minimum atomic E-state index is -0.619. The third-order valence-electron chi connectivity index (χ3n) is 4.24. The van der Waals surface area contributed by atoms with Crippen molar-refractivity contribution in [2.24, 2.45) is 0 Å². The van der Waals surface area contributed by atoms with E-state index in [1.807, 2.05) is 6.92 Å². The lowest BCUT2D eigenvalue weighted by atomic mass is 10.1. The molecule has 146 valence electrons. The van der Waals surface area contributed by atoms with E-state index in [1.165, 1.54) is 11.0 Å². The predicted molar refractivity (Wildman–Crippen MR) is 107 cm³/mol. The Balaban J connectivity index is 1.71. The van der Waals surface area contributed by atoms with Crippen molar-refractivity contribution in [3.8, 4) is 5.75 Å². The number of benzene rings is 2. The summed E-state index contributed by atoms with van der Waals surface area (Å²) >= 11 is 0. The van der Waals surface area contributed by atoms with E-state index < -0.39 is 11.6 Å². The van der Waals surface area contributed by atoms with Gasteiger partial charge in [0.25, 0.3) is 11.8 Å². The van der Waals surface area contributed by atoms with Crippen LogP contribution in [0.5, 0.6) is 5.75 Å². The van der Waals surface area contributed by atoms with Crippen LogP contribution in [0.4, 0.5) is 16.2 Å². The largest absolute Gasteiger partial charge is 0.494 e. The van der Waals surface area contributed by atoms with Crippen LogP contribution in [0.1, 0.15) is 48.4 Å². The number of fused-ring (bicyclic) bond motifs is 1. The summed E-state index contributed by atoms with van der Waals surface area (Å²) in [7, 11) is 0. The Morgan fingerprint density at radius 3 is 2.11 bits per heavy atom. The highest BCUT2D eigenvalue weighted by Crippen LogP contribution is 2.31. The molecule has 7 heteroatoms. The van der Waals surface area contributed by atoms with Gasteiger partial charge in [-0.15, -0.1) is 0 Å². The van der Waals surface area contributed by atoms with E-state index >= 15 is 0 Å². The van der Waals surface area contributed by atoms with E-state index in [-0.39, 0.29) is 11.8 Å². The van der Waals surface area contributed by atoms with Crippen LogP contribution in [-0.4, -0.2) is 34.9 Å². The van der Waals surface area contributed by atoms with Crippen LogP contribution in [0, 0.1) is 0 Å². The summed E-state index contributed by atoms with van der Waals surface area (Å²) in [6, 6.07) is 11.2. The lowest BCUT2D eigenvalue weighted by Crippen LogP contribution is -2.45. The van der Waals surface area contributed by atoms with E-state index in [1.54, 1.807) is 57.2 Å². The van der Waals surface area contributed by atoms with Gasteiger partial charge >= 0.3 is 6.03 Å². The molecule has 0 unspecified atom stereocenters. The second-order valence-corrected chi connectivity index (χ2v) is 7.41. The van der Waals surface area contributed by atoms with Crippen molar-refractivity contribution in [3.05, 3.63) is 53.6 Å². The fourth-order valence-corrected chi connectivity index (χ4v) is 3.02. The summed E-state index contributed by atoms with van der Waals surface area (Å²) in [5, 5.41) is 5.40. The highest BCUT2D eigenvalue weighted by Gasteiger charge is 2.41. The molecule has 0 saturated heterocycles. The first-order chi connectivity index (χ1) is 13.2. The Morgan fingerprint density at radius 2 is 1.50 bits per heavy atom. The quantitative estimate of drug-likeness (QED) is 0.780. The zero-order valence-electron chi connectivity index (χ0n) is 16.3. The van der Waals surface area contributed by atoms with E-state index in [0.717, 1.165) is 5.75 Å². The number of amides is 4. The molecular formula is C21H23N3O4. The maximum absolute atomic E-state index is 12.6. The minimum absolute atomic E-state index is 0.291. The summed E-state index contributed by atoms with van der Waals surface area (Å²) in [6.07, 6.45) is 0. The van der Waals surface area contributed by atoms with Crippen LogP contribution in [0.3, 0.4) is 0 Å². The highest BCUT2D eigenvalue weighted by molar-refractivity contribution is 6.22. The number of hydrogen-bond acceptors (Lipinski definition) is 4. The van der Waals surface area contributed by atoms with Crippen molar-refractivity contribution in [3.63, 3.8) is 0 Å². The molecule has 0 fully saturated rings. The molecule has 1 aliphatic heterocycles. The first-order valence-electron chi connectivity index (χ1n) is 9.04. The van der Waals surface area contributed by atoms with Gasteiger partial charge in [0.1, 0.15) is 5.75 Å². The molecule has 1 aliphatic rings. The number of nitrogens with zero attached hydrogens (tertiary/aromatic N) is 1. The maximum atomic E-state index is 12.6. The van der Waals surface area contributed by atoms with Gasteiger partial charge in [0, 0.05) is 16.9 Å². The first kappa shape index (κ1) is 19.4. The van der Waals surface area contributed by atoms with Gasteiger partial charge < -0.3 is 15.4 Å². The Hall–Kier alpha value is -3.35. The van der Waals surface area contributed by atoms with Crippen LogP contribution in [0.15, 0.2) is 42.5 Å². The predicted octanol–water partition coefficient (Wildman–Crippen LogP) is 4.12. The van der Waals surface area contributed by atoms with Gasteiger partial charge in [0.05, 0.1) is 17.7 Å². The van der Waals surface area contributed by atoms with Gasteiger partial charge in [-0.25, -0.2) is 4.79 Å². The van der Waals surface area contributed by atoms with E-state index in [4.69, 9.17) is 4.74 Å². The van der Waals surface area contributed by atoms with E-state index in [9.17, 15) is 14.4 Å². The van der Waals surface area contributed by atoms with Gasteiger partial charge in [0.2, 0.25) is 0 Å². The third-order valence-corrected chi connectivity index (χ3v) is 4.24. The van der Waals surface area contributed by atoms with Crippen molar-refractivity contribution in [1.82, 2.24) is 4.90 Å². The zero-order valence-corrected chi connectivity index (χ0v) is 16.3. The molecule has 2 aromatic carbocycles. The SMILES string of the molecule is CCOc1ccc(NC(=O)Nc2ccc3c(c2)C(=O)N(C(C)(C)C)C3=O)cc1. The summed E-state index contributed by atoms with van der Waals surface area (Å²) in [6.45, 7) is 7.88. The number of ether oxygens (including phenoxy) is 1. The van der Waals surface area contributed by atoms with Gasteiger partial charge in [-0.3, -0.25) is 14.5 Å². The fraction of sp³-hybridized carbons (Fsp3) is 0.286. The van der Waals surface area contributed by atoms with E-state index in [2.05, 4.69) is 10.6 Å². The molecule has 0 bridgehead atoms. The van der Waals surface area contributed by atoms with Crippen LogP contribution < -0.4 is 15.4 Å². The number of hydrogen-bond donors (Lipinski definition) is 2. The van der Waals surface area contributed by atoms with Crippen molar-refractivity contribution in [2.45, 2.75) is 33.2 Å². The van der Waals surface area contributed by atoms with Gasteiger partial charge in [0.15, 0.2) is 0 Å². The molecule has 4 amide bonds. The molecule has 1 heterocycles. The average molecular weight is 381 g/mol. The van der Waals surface area contributed by atoms with Crippen molar-refractivity contribution in [2.75, 3.05) is 17.2 Å². The number of imide groups is 1. The second kappa shape index (κ2) is 7.34. The number of rotatable bonds is 4. The summed E-state index contributed by atoms with van der Waals surface area (Å²) < 4.78 is 5.36.